The van der Waals surface area contributed by atoms with E-state index < -0.39 is 46.9 Å². The highest BCUT2D eigenvalue weighted by Gasteiger charge is 2.65. The maximum Gasteiger partial charge on any atom is 0.522 e. The molecular formula is C18H26F3N3O5. The van der Waals surface area contributed by atoms with E-state index >= 15 is 0 Å². The molecule has 3 N–H and O–H groups in total. The summed E-state index contributed by atoms with van der Waals surface area (Å²) >= 11 is 0. The fourth-order valence-electron chi connectivity index (χ4n) is 4.44. The van der Waals surface area contributed by atoms with Gasteiger partial charge in [-0.05, 0) is 59.3 Å². The lowest BCUT2D eigenvalue weighted by Gasteiger charge is -2.46. The molecule has 4 fully saturated rings. The Bertz CT molecular complexity index is 692. The summed E-state index contributed by atoms with van der Waals surface area (Å²) in [5.74, 6) is -1.52. The topological polar surface area (TPSA) is 106 Å². The number of nitrogens with one attached hydrogen (secondary N) is 3. The molecule has 0 heterocycles. The molecule has 0 aromatic heterocycles. The average Bonchev–Trinajstić information content (AvgIpc) is 3.00. The van der Waals surface area contributed by atoms with Gasteiger partial charge < -0.3 is 10.1 Å². The molecule has 29 heavy (non-hydrogen) atoms. The zero-order valence-corrected chi connectivity index (χ0v) is 16.6. The fourth-order valence-corrected chi connectivity index (χ4v) is 4.44. The van der Waals surface area contributed by atoms with Gasteiger partial charge in [-0.15, -0.1) is 13.2 Å². The van der Waals surface area contributed by atoms with Crippen molar-refractivity contribution in [1.82, 2.24) is 16.2 Å². The number of fused-ring (bicyclic) bond motifs is 1. The molecule has 0 saturated heterocycles. The van der Waals surface area contributed by atoms with Gasteiger partial charge in [-0.25, -0.2) is 4.79 Å². The lowest BCUT2D eigenvalue weighted by molar-refractivity contribution is -0.353. The molecule has 8 nitrogen and oxygen atoms in total. The van der Waals surface area contributed by atoms with Gasteiger partial charge in [0.1, 0.15) is 5.60 Å². The number of hydrogen-bond acceptors (Lipinski definition) is 5. The lowest BCUT2D eigenvalue weighted by Crippen LogP contribution is -2.62. The third-order valence-corrected chi connectivity index (χ3v) is 5.75. The number of hydrazine groups is 1. The quantitative estimate of drug-likeness (QED) is 0.604. The van der Waals surface area contributed by atoms with E-state index in [1.165, 1.54) is 0 Å². The Hall–Kier alpha value is -2.04. The average molecular weight is 421 g/mol. The smallest absolute Gasteiger partial charge is 0.444 e. The van der Waals surface area contributed by atoms with Crippen molar-refractivity contribution < 1.29 is 37.0 Å². The Kier molecular flexibility index (Phi) is 5.25. The van der Waals surface area contributed by atoms with Crippen LogP contribution >= 0.6 is 0 Å². The van der Waals surface area contributed by atoms with Gasteiger partial charge in [-0.3, -0.25) is 25.2 Å². The summed E-state index contributed by atoms with van der Waals surface area (Å²) in [7, 11) is 0. The van der Waals surface area contributed by atoms with E-state index in [4.69, 9.17) is 4.74 Å². The van der Waals surface area contributed by atoms with Crippen molar-refractivity contribution in [2.24, 2.45) is 11.3 Å². The van der Waals surface area contributed by atoms with Gasteiger partial charge in [-0.1, -0.05) is 0 Å². The van der Waals surface area contributed by atoms with Gasteiger partial charge >= 0.3 is 12.5 Å². The molecule has 11 heteroatoms. The summed E-state index contributed by atoms with van der Waals surface area (Å²) in [6, 6.07) is 0. The largest absolute Gasteiger partial charge is 0.522 e. The SMILES string of the molecule is CC(C)(C)OC(=O)NC12CCC(C(=O)NNC(=O)C3CC(OC(F)(F)F)C3)(C1)C2. The first-order valence-electron chi connectivity index (χ1n) is 9.57. The zero-order chi connectivity index (χ0) is 21.7. The van der Waals surface area contributed by atoms with Crippen molar-refractivity contribution in [3.05, 3.63) is 0 Å². The monoisotopic (exact) mass is 421 g/mol. The highest BCUT2D eigenvalue weighted by Crippen LogP contribution is 2.61. The summed E-state index contributed by atoms with van der Waals surface area (Å²) < 4.78 is 45.4. The number of halogens is 3. The molecule has 164 valence electrons. The van der Waals surface area contributed by atoms with E-state index in [2.05, 4.69) is 20.9 Å². The molecule has 0 aromatic carbocycles. The van der Waals surface area contributed by atoms with Crippen LogP contribution in [0.2, 0.25) is 0 Å². The molecule has 4 rings (SSSR count). The molecular weight excluding hydrogens is 395 g/mol. The number of carbonyl (C=O) groups is 3. The maximum atomic E-state index is 12.5. The molecule has 0 radical (unpaired) electrons. The zero-order valence-electron chi connectivity index (χ0n) is 16.6. The van der Waals surface area contributed by atoms with Gasteiger partial charge in [0.2, 0.25) is 11.8 Å². The third-order valence-electron chi connectivity index (χ3n) is 5.75. The fraction of sp³-hybridized carbons (Fsp3) is 0.833. The Morgan fingerprint density at radius 2 is 1.62 bits per heavy atom. The van der Waals surface area contributed by atoms with Crippen LogP contribution in [0, 0.1) is 11.3 Å². The van der Waals surface area contributed by atoms with Crippen LogP contribution in [0.15, 0.2) is 0 Å². The van der Waals surface area contributed by atoms with E-state index in [0.717, 1.165) is 0 Å². The molecule has 0 unspecified atom stereocenters. The number of rotatable bonds is 4. The number of ether oxygens (including phenoxy) is 2. The van der Waals surface area contributed by atoms with Crippen molar-refractivity contribution in [3.63, 3.8) is 0 Å². The molecule has 0 atom stereocenters. The van der Waals surface area contributed by atoms with Crippen LogP contribution in [0.3, 0.4) is 0 Å². The second-order valence-electron chi connectivity index (χ2n) is 9.34. The van der Waals surface area contributed by atoms with Crippen LogP contribution in [-0.4, -0.2) is 41.5 Å². The van der Waals surface area contributed by atoms with Crippen LogP contribution in [0.25, 0.3) is 0 Å². The Morgan fingerprint density at radius 1 is 1.00 bits per heavy atom. The maximum absolute atomic E-state index is 12.5. The van der Waals surface area contributed by atoms with Gasteiger partial charge in [0.25, 0.3) is 0 Å². The predicted molar refractivity (Wildman–Crippen MR) is 92.9 cm³/mol. The summed E-state index contributed by atoms with van der Waals surface area (Å²) in [6.07, 6.45) is -4.26. The first-order valence-corrected chi connectivity index (χ1v) is 9.57. The van der Waals surface area contributed by atoms with E-state index in [-0.39, 0.29) is 18.7 Å². The van der Waals surface area contributed by atoms with Crippen molar-refractivity contribution in [2.75, 3.05) is 0 Å². The highest BCUT2D eigenvalue weighted by molar-refractivity contribution is 5.89. The van der Waals surface area contributed by atoms with E-state index in [0.29, 0.717) is 25.7 Å². The number of alkyl carbamates (subject to hydrolysis) is 1. The first-order chi connectivity index (χ1) is 13.2. The molecule has 4 saturated carbocycles. The molecule has 3 amide bonds. The van der Waals surface area contributed by atoms with E-state index in [9.17, 15) is 27.6 Å². The van der Waals surface area contributed by atoms with Crippen molar-refractivity contribution >= 4 is 17.9 Å². The van der Waals surface area contributed by atoms with E-state index in [1.54, 1.807) is 20.8 Å². The van der Waals surface area contributed by atoms with Crippen molar-refractivity contribution in [3.8, 4) is 0 Å². The molecule has 4 aliphatic carbocycles. The van der Waals surface area contributed by atoms with Crippen LogP contribution in [-0.2, 0) is 19.1 Å². The number of amides is 3. The minimum absolute atomic E-state index is 0.0464. The number of alkyl halides is 3. The molecule has 0 spiro atoms. The Morgan fingerprint density at radius 3 is 2.17 bits per heavy atom. The third kappa shape index (κ3) is 4.93. The molecule has 0 aliphatic heterocycles. The minimum Gasteiger partial charge on any atom is -0.444 e. The van der Waals surface area contributed by atoms with Crippen molar-refractivity contribution in [1.29, 1.82) is 0 Å². The van der Waals surface area contributed by atoms with Gasteiger partial charge in [-0.2, -0.15) is 0 Å². The summed E-state index contributed by atoms with van der Waals surface area (Å²) in [5, 5.41) is 2.85. The minimum atomic E-state index is -4.72. The Labute approximate surface area is 166 Å². The summed E-state index contributed by atoms with van der Waals surface area (Å²) in [5.41, 5.74) is 2.92. The molecule has 4 aliphatic rings. The molecule has 2 bridgehead atoms. The lowest BCUT2D eigenvalue weighted by atomic mass is 9.64. The van der Waals surface area contributed by atoms with Crippen LogP contribution in [0.5, 0.6) is 0 Å². The molecule has 0 aromatic rings. The predicted octanol–water partition coefficient (Wildman–Crippen LogP) is 2.29. The van der Waals surface area contributed by atoms with Gasteiger partial charge in [0.15, 0.2) is 0 Å². The van der Waals surface area contributed by atoms with Crippen molar-refractivity contribution in [2.45, 2.75) is 82.9 Å². The summed E-state index contributed by atoms with van der Waals surface area (Å²) in [6.45, 7) is 5.29. The summed E-state index contributed by atoms with van der Waals surface area (Å²) in [4.78, 5) is 36.5. The van der Waals surface area contributed by atoms with Crippen LogP contribution in [0.4, 0.5) is 18.0 Å². The second kappa shape index (κ2) is 7.03. The Balaban J connectivity index is 1.40. The number of carbonyl (C=O) groups excluding carboxylic acids is 3. The van der Waals surface area contributed by atoms with Crippen LogP contribution in [0.1, 0.15) is 59.3 Å². The standard InChI is InChI=1S/C18H26F3N3O5/c1-15(2,3)29-14(27)22-17-5-4-16(8-17,9-17)13(26)24-23-12(25)10-6-11(7-10)28-18(19,20)21/h10-11H,4-9H2,1-3H3,(H,22,27)(H,23,25)(H,24,26). The first kappa shape index (κ1) is 21.7. The van der Waals surface area contributed by atoms with Gasteiger partial charge in [0, 0.05) is 11.5 Å². The normalized spacial score (nSPS) is 33.2. The second-order valence-corrected chi connectivity index (χ2v) is 9.34. The van der Waals surface area contributed by atoms with Gasteiger partial charge in [0.05, 0.1) is 11.5 Å². The van der Waals surface area contributed by atoms with Crippen LogP contribution < -0.4 is 16.2 Å². The van der Waals surface area contributed by atoms with E-state index in [1.807, 2.05) is 0 Å². The highest BCUT2D eigenvalue weighted by atomic mass is 19.4. The number of hydrogen-bond donors (Lipinski definition) is 3.